The summed E-state index contributed by atoms with van der Waals surface area (Å²) in [6, 6.07) is 6.46. The molecule has 1 aromatic carbocycles. The van der Waals surface area contributed by atoms with Crippen molar-refractivity contribution in [1.29, 1.82) is 0 Å². The number of urea groups is 1. The summed E-state index contributed by atoms with van der Waals surface area (Å²) in [5, 5.41) is 6.26. The van der Waals surface area contributed by atoms with Crippen molar-refractivity contribution < 1.29 is 19.1 Å². The van der Waals surface area contributed by atoms with E-state index in [1.165, 1.54) is 4.90 Å². The zero-order valence-electron chi connectivity index (χ0n) is 16.2. The topological polar surface area (TPSA) is 87.7 Å². The number of ether oxygens (including phenoxy) is 1. The van der Waals surface area contributed by atoms with Gasteiger partial charge in [0.1, 0.15) is 11.3 Å². The smallest absolute Gasteiger partial charge is 0.325 e. The average Bonchev–Trinajstić information content (AvgIpc) is 3.20. The Morgan fingerprint density at radius 3 is 2.54 bits per heavy atom. The van der Waals surface area contributed by atoms with Crippen LogP contribution in [-0.4, -0.2) is 47.0 Å². The first-order valence-electron chi connectivity index (χ1n) is 9.61. The van der Waals surface area contributed by atoms with E-state index in [9.17, 15) is 14.4 Å². The number of imide groups is 1. The highest BCUT2D eigenvalue weighted by Gasteiger charge is 2.52. The van der Waals surface area contributed by atoms with Crippen LogP contribution in [0.4, 0.5) is 4.79 Å². The summed E-state index contributed by atoms with van der Waals surface area (Å²) in [7, 11) is 0. The zero-order valence-corrected chi connectivity index (χ0v) is 17.0. The van der Waals surface area contributed by atoms with Crippen LogP contribution in [0.15, 0.2) is 24.3 Å². The van der Waals surface area contributed by atoms with Crippen LogP contribution in [0.1, 0.15) is 46.0 Å². The van der Waals surface area contributed by atoms with Gasteiger partial charge in [-0.2, -0.15) is 0 Å². The molecule has 1 spiro atoms. The van der Waals surface area contributed by atoms with Gasteiger partial charge in [-0.15, -0.1) is 0 Å². The summed E-state index contributed by atoms with van der Waals surface area (Å²) in [4.78, 5) is 38.4. The molecule has 2 fully saturated rings. The van der Waals surface area contributed by atoms with Gasteiger partial charge in [0.2, 0.25) is 0 Å². The molecular weight excluding hydrogens is 382 g/mol. The summed E-state index contributed by atoms with van der Waals surface area (Å²) < 4.78 is 5.75. The van der Waals surface area contributed by atoms with Crippen LogP contribution in [-0.2, 0) is 9.59 Å². The molecule has 1 aliphatic heterocycles. The molecular formula is C20H26ClN3O4. The van der Waals surface area contributed by atoms with E-state index in [-0.39, 0.29) is 24.4 Å². The highest BCUT2D eigenvalue weighted by Crippen LogP contribution is 2.35. The molecule has 28 heavy (non-hydrogen) atoms. The van der Waals surface area contributed by atoms with Gasteiger partial charge in [0, 0.05) is 18.1 Å². The van der Waals surface area contributed by atoms with E-state index in [4.69, 9.17) is 16.3 Å². The zero-order chi connectivity index (χ0) is 20.4. The van der Waals surface area contributed by atoms with Gasteiger partial charge < -0.3 is 15.4 Å². The van der Waals surface area contributed by atoms with Crippen LogP contribution in [0, 0.1) is 0 Å². The molecule has 0 aromatic heterocycles. The maximum Gasteiger partial charge on any atom is 0.325 e. The van der Waals surface area contributed by atoms with Gasteiger partial charge in [0.15, 0.2) is 5.60 Å². The molecule has 3 rings (SSSR count). The first-order chi connectivity index (χ1) is 13.2. The van der Waals surface area contributed by atoms with Crippen molar-refractivity contribution in [1.82, 2.24) is 15.5 Å². The summed E-state index contributed by atoms with van der Waals surface area (Å²) in [5.41, 5.74) is -1.75. The second kappa shape index (κ2) is 7.99. The number of amides is 4. The van der Waals surface area contributed by atoms with Gasteiger partial charge in [-0.1, -0.05) is 24.4 Å². The number of carbonyl (C=O) groups is 3. The van der Waals surface area contributed by atoms with Crippen LogP contribution in [0.5, 0.6) is 5.75 Å². The molecule has 7 nitrogen and oxygen atoms in total. The predicted octanol–water partition coefficient (Wildman–Crippen LogP) is 2.87. The largest absolute Gasteiger partial charge is 0.478 e. The molecule has 152 valence electrons. The first-order valence-corrected chi connectivity index (χ1v) is 9.98. The summed E-state index contributed by atoms with van der Waals surface area (Å²) in [6.07, 6.45) is 3.82. The second-order valence-electron chi connectivity index (χ2n) is 7.85. The van der Waals surface area contributed by atoms with Gasteiger partial charge in [0.05, 0.1) is 0 Å². The minimum atomic E-state index is -1.07. The Labute approximate surface area is 169 Å². The third-order valence-electron chi connectivity index (χ3n) is 5.28. The molecule has 0 atom stereocenters. The summed E-state index contributed by atoms with van der Waals surface area (Å²) in [6.45, 7) is 3.98. The van der Waals surface area contributed by atoms with E-state index in [0.717, 1.165) is 12.8 Å². The molecule has 2 N–H and O–H groups in total. The van der Waals surface area contributed by atoms with Crippen LogP contribution < -0.4 is 15.4 Å². The number of nitrogens with one attached hydrogen (secondary N) is 2. The standard InChI is InChI=1S/C20H26ClN3O4/c1-19(2,28-15-8-6-14(21)7-9-15)16(25)22-12-5-13-24-17(26)20(23-18(24)27)10-3-4-11-20/h6-9H,3-5,10-13H2,1-2H3,(H,22,25)(H,23,27). The Bertz CT molecular complexity index is 757. The lowest BCUT2D eigenvalue weighted by molar-refractivity contribution is -0.134. The monoisotopic (exact) mass is 407 g/mol. The van der Waals surface area contributed by atoms with E-state index in [0.29, 0.717) is 36.6 Å². The highest BCUT2D eigenvalue weighted by molar-refractivity contribution is 6.30. The Kier molecular flexibility index (Phi) is 5.84. The molecule has 4 amide bonds. The fraction of sp³-hybridized carbons (Fsp3) is 0.550. The summed E-state index contributed by atoms with van der Waals surface area (Å²) >= 11 is 5.85. The van der Waals surface area contributed by atoms with Gasteiger partial charge >= 0.3 is 6.03 Å². The van der Waals surface area contributed by atoms with Crippen molar-refractivity contribution in [3.63, 3.8) is 0 Å². The molecule has 0 bridgehead atoms. The quantitative estimate of drug-likeness (QED) is 0.537. The number of halogens is 1. The van der Waals surface area contributed by atoms with E-state index in [1.807, 2.05) is 0 Å². The number of benzene rings is 1. The van der Waals surface area contributed by atoms with Crippen LogP contribution in [0.25, 0.3) is 0 Å². The third-order valence-corrected chi connectivity index (χ3v) is 5.53. The molecule has 1 aliphatic carbocycles. The van der Waals surface area contributed by atoms with Crippen molar-refractivity contribution in [3.8, 4) is 5.75 Å². The van der Waals surface area contributed by atoms with Crippen LogP contribution in [0.2, 0.25) is 5.02 Å². The molecule has 2 aliphatic rings. The number of rotatable bonds is 7. The Morgan fingerprint density at radius 1 is 1.25 bits per heavy atom. The van der Waals surface area contributed by atoms with Gasteiger partial charge in [-0.3, -0.25) is 14.5 Å². The number of hydrogen-bond donors (Lipinski definition) is 2. The molecule has 1 saturated carbocycles. The lowest BCUT2D eigenvalue weighted by atomic mass is 9.98. The van der Waals surface area contributed by atoms with Crippen molar-refractivity contribution in [3.05, 3.63) is 29.3 Å². The van der Waals surface area contributed by atoms with Crippen LogP contribution >= 0.6 is 11.6 Å². The predicted molar refractivity (Wildman–Crippen MR) is 105 cm³/mol. The minimum Gasteiger partial charge on any atom is -0.478 e. The average molecular weight is 408 g/mol. The molecule has 1 saturated heterocycles. The highest BCUT2D eigenvalue weighted by atomic mass is 35.5. The second-order valence-corrected chi connectivity index (χ2v) is 8.29. The van der Waals surface area contributed by atoms with Gasteiger partial charge in [-0.25, -0.2) is 4.79 Å². The van der Waals surface area contributed by atoms with E-state index < -0.39 is 11.1 Å². The fourth-order valence-corrected chi connectivity index (χ4v) is 3.82. The van der Waals surface area contributed by atoms with E-state index >= 15 is 0 Å². The maximum atomic E-state index is 12.6. The molecule has 0 radical (unpaired) electrons. The van der Waals surface area contributed by atoms with Gasteiger partial charge in [-0.05, 0) is 57.4 Å². The lowest BCUT2D eigenvalue weighted by Gasteiger charge is -2.25. The van der Waals surface area contributed by atoms with Crippen molar-refractivity contribution >= 4 is 29.4 Å². The fourth-order valence-electron chi connectivity index (χ4n) is 3.69. The van der Waals surface area contributed by atoms with Crippen LogP contribution in [0.3, 0.4) is 0 Å². The molecule has 1 aromatic rings. The number of carbonyl (C=O) groups excluding carboxylic acids is 3. The third kappa shape index (κ3) is 4.24. The SMILES string of the molecule is CC(C)(Oc1ccc(Cl)cc1)C(=O)NCCCN1C(=O)NC2(CCCC2)C1=O. The van der Waals surface area contributed by atoms with Crippen molar-refractivity contribution in [2.45, 2.75) is 57.1 Å². The normalized spacial score (nSPS) is 18.5. The van der Waals surface area contributed by atoms with Crippen molar-refractivity contribution in [2.24, 2.45) is 0 Å². The Hall–Kier alpha value is -2.28. The Morgan fingerprint density at radius 2 is 1.89 bits per heavy atom. The molecule has 8 heteroatoms. The van der Waals surface area contributed by atoms with E-state index in [2.05, 4.69) is 10.6 Å². The number of nitrogens with zero attached hydrogens (tertiary/aromatic N) is 1. The summed E-state index contributed by atoms with van der Waals surface area (Å²) in [5.74, 6) is 0.144. The lowest BCUT2D eigenvalue weighted by Crippen LogP contribution is -2.47. The molecule has 0 unspecified atom stereocenters. The first kappa shape index (κ1) is 20.5. The van der Waals surface area contributed by atoms with E-state index in [1.54, 1.807) is 38.1 Å². The van der Waals surface area contributed by atoms with Crippen molar-refractivity contribution in [2.75, 3.05) is 13.1 Å². The molecule has 1 heterocycles. The minimum absolute atomic E-state index is 0.132. The Balaban J connectivity index is 1.45. The van der Waals surface area contributed by atoms with Gasteiger partial charge in [0.25, 0.3) is 11.8 Å². The maximum absolute atomic E-state index is 12.6. The number of hydrogen-bond acceptors (Lipinski definition) is 4.